The molecule has 2 amide bonds. The minimum absolute atomic E-state index is 0.326. The van der Waals surface area contributed by atoms with E-state index in [0.29, 0.717) is 25.2 Å². The second kappa shape index (κ2) is 10.1. The van der Waals surface area contributed by atoms with Gasteiger partial charge in [0.1, 0.15) is 5.75 Å². The van der Waals surface area contributed by atoms with Crippen molar-refractivity contribution in [3.8, 4) is 5.75 Å². The highest BCUT2D eigenvalue weighted by molar-refractivity contribution is 6.40. The average Bonchev–Trinajstić information content (AvgIpc) is 2.78. The predicted octanol–water partition coefficient (Wildman–Crippen LogP) is 3.59. The van der Waals surface area contributed by atoms with Crippen LogP contribution in [0.3, 0.4) is 0 Å². The summed E-state index contributed by atoms with van der Waals surface area (Å²) in [4.78, 5) is 26.9. The summed E-state index contributed by atoms with van der Waals surface area (Å²) >= 11 is 0. The predicted molar refractivity (Wildman–Crippen MR) is 114 cm³/mol. The molecular weight excluding hydrogens is 364 g/mol. The number of hydrogen-bond donors (Lipinski definition) is 1. The zero-order valence-electron chi connectivity index (χ0n) is 16.4. The van der Waals surface area contributed by atoms with E-state index in [-0.39, 0.29) is 0 Å². The van der Waals surface area contributed by atoms with Crippen LogP contribution in [0.2, 0.25) is 0 Å². The van der Waals surface area contributed by atoms with Gasteiger partial charge in [-0.1, -0.05) is 60.7 Å². The molecule has 148 valence electrons. The molecule has 0 aliphatic rings. The average molecular weight is 388 g/mol. The fourth-order valence-corrected chi connectivity index (χ4v) is 3.00. The highest BCUT2D eigenvalue weighted by atomic mass is 16.5. The molecule has 0 aliphatic heterocycles. The highest BCUT2D eigenvalue weighted by Crippen LogP contribution is 2.17. The lowest BCUT2D eigenvalue weighted by Gasteiger charge is -2.22. The number of para-hydroxylation sites is 1. The van der Waals surface area contributed by atoms with Gasteiger partial charge in [-0.15, -0.1) is 0 Å². The van der Waals surface area contributed by atoms with Crippen molar-refractivity contribution in [2.45, 2.75) is 13.0 Å². The van der Waals surface area contributed by atoms with E-state index in [1.54, 1.807) is 7.11 Å². The van der Waals surface area contributed by atoms with E-state index in [1.165, 1.54) is 4.90 Å². The van der Waals surface area contributed by atoms with Gasteiger partial charge in [-0.25, -0.2) is 0 Å². The number of hydrogen-bond acceptors (Lipinski definition) is 3. The molecule has 0 aliphatic carbocycles. The van der Waals surface area contributed by atoms with Crippen LogP contribution in [0.25, 0.3) is 0 Å². The number of ether oxygens (including phenoxy) is 1. The number of nitrogens with one attached hydrogen (secondary N) is 1. The fraction of sp³-hybridized carbons (Fsp3) is 0.167. The summed E-state index contributed by atoms with van der Waals surface area (Å²) in [5.74, 6) is -0.429. The molecule has 0 atom stereocenters. The normalized spacial score (nSPS) is 10.2. The summed E-state index contributed by atoms with van der Waals surface area (Å²) in [7, 11) is 1.62. The van der Waals surface area contributed by atoms with Crippen LogP contribution < -0.4 is 15.0 Å². The van der Waals surface area contributed by atoms with E-state index in [0.717, 1.165) is 16.9 Å². The van der Waals surface area contributed by atoms with Gasteiger partial charge >= 0.3 is 11.8 Å². The minimum atomic E-state index is -0.618. The second-order valence-corrected chi connectivity index (χ2v) is 6.57. The molecule has 5 heteroatoms. The monoisotopic (exact) mass is 388 g/mol. The Bertz CT molecular complexity index is 943. The number of rotatable bonds is 7. The lowest BCUT2D eigenvalue weighted by Crippen LogP contribution is -2.43. The maximum atomic E-state index is 12.9. The Balaban J connectivity index is 1.65. The SMILES string of the molecule is COc1cccc(CCNC(=O)C(=O)N(Cc2ccccc2)c2ccccc2)c1. The first-order valence-corrected chi connectivity index (χ1v) is 9.49. The Morgan fingerprint density at radius 1 is 0.862 bits per heavy atom. The van der Waals surface area contributed by atoms with E-state index < -0.39 is 11.8 Å². The van der Waals surface area contributed by atoms with Crippen LogP contribution >= 0.6 is 0 Å². The molecule has 1 N–H and O–H groups in total. The van der Waals surface area contributed by atoms with Gasteiger partial charge in [0.2, 0.25) is 0 Å². The van der Waals surface area contributed by atoms with Crippen LogP contribution in [0.15, 0.2) is 84.9 Å². The number of nitrogens with zero attached hydrogens (tertiary/aromatic N) is 1. The van der Waals surface area contributed by atoms with Gasteiger partial charge in [-0.3, -0.25) is 14.5 Å². The molecule has 0 unspecified atom stereocenters. The maximum Gasteiger partial charge on any atom is 0.316 e. The van der Waals surface area contributed by atoms with Crippen LogP contribution in [0, 0.1) is 0 Å². The first kappa shape index (κ1) is 20.1. The van der Waals surface area contributed by atoms with Crippen molar-refractivity contribution in [2.24, 2.45) is 0 Å². The molecular formula is C24H24N2O3. The fourth-order valence-electron chi connectivity index (χ4n) is 3.00. The van der Waals surface area contributed by atoms with Crippen molar-refractivity contribution in [1.29, 1.82) is 0 Å². The highest BCUT2D eigenvalue weighted by Gasteiger charge is 2.23. The molecule has 3 aromatic rings. The molecule has 5 nitrogen and oxygen atoms in total. The third-order valence-corrected chi connectivity index (χ3v) is 4.52. The largest absolute Gasteiger partial charge is 0.497 e. The van der Waals surface area contributed by atoms with Gasteiger partial charge in [-0.05, 0) is 41.8 Å². The summed E-state index contributed by atoms with van der Waals surface area (Å²) in [5.41, 5.74) is 2.67. The van der Waals surface area contributed by atoms with Gasteiger partial charge in [0.25, 0.3) is 0 Å². The van der Waals surface area contributed by atoms with Gasteiger partial charge < -0.3 is 10.1 Å². The number of benzene rings is 3. The Kier molecular flexibility index (Phi) is 7.00. The number of amides is 2. The maximum absolute atomic E-state index is 12.9. The van der Waals surface area contributed by atoms with E-state index >= 15 is 0 Å². The molecule has 3 aromatic carbocycles. The van der Waals surface area contributed by atoms with Crippen LogP contribution in [0.4, 0.5) is 5.69 Å². The summed E-state index contributed by atoms with van der Waals surface area (Å²) in [6.45, 7) is 0.693. The number of carbonyl (C=O) groups excluding carboxylic acids is 2. The lowest BCUT2D eigenvalue weighted by molar-refractivity contribution is -0.137. The van der Waals surface area contributed by atoms with E-state index in [4.69, 9.17) is 4.74 Å². The van der Waals surface area contributed by atoms with Crippen molar-refractivity contribution in [2.75, 3.05) is 18.6 Å². The van der Waals surface area contributed by atoms with Gasteiger partial charge in [0.15, 0.2) is 0 Å². The van der Waals surface area contributed by atoms with Crippen LogP contribution in [-0.4, -0.2) is 25.5 Å². The first-order chi connectivity index (χ1) is 14.2. The minimum Gasteiger partial charge on any atom is -0.497 e. The molecule has 29 heavy (non-hydrogen) atoms. The zero-order chi connectivity index (χ0) is 20.5. The number of carbonyl (C=O) groups is 2. The summed E-state index contributed by atoms with van der Waals surface area (Å²) in [6.07, 6.45) is 0.611. The van der Waals surface area contributed by atoms with Crippen molar-refractivity contribution < 1.29 is 14.3 Å². The molecule has 0 saturated carbocycles. The smallest absolute Gasteiger partial charge is 0.316 e. The molecule has 0 saturated heterocycles. The van der Waals surface area contributed by atoms with Gasteiger partial charge in [0.05, 0.1) is 13.7 Å². The lowest BCUT2D eigenvalue weighted by atomic mass is 10.1. The van der Waals surface area contributed by atoms with E-state index in [1.807, 2.05) is 84.9 Å². The molecule has 0 aromatic heterocycles. The molecule has 0 radical (unpaired) electrons. The summed E-state index contributed by atoms with van der Waals surface area (Å²) in [6, 6.07) is 26.5. The van der Waals surface area contributed by atoms with Gasteiger partial charge in [-0.2, -0.15) is 0 Å². The molecule has 0 fully saturated rings. The molecule has 0 heterocycles. The summed E-state index contributed by atoms with van der Waals surface area (Å²) in [5, 5.41) is 2.73. The number of methoxy groups -OCH3 is 1. The third-order valence-electron chi connectivity index (χ3n) is 4.52. The van der Waals surface area contributed by atoms with E-state index in [2.05, 4.69) is 5.32 Å². The van der Waals surface area contributed by atoms with Crippen molar-refractivity contribution in [3.63, 3.8) is 0 Å². The summed E-state index contributed by atoms with van der Waals surface area (Å²) < 4.78 is 5.21. The van der Waals surface area contributed by atoms with Crippen molar-refractivity contribution >= 4 is 17.5 Å². The Morgan fingerprint density at radius 3 is 2.21 bits per heavy atom. The molecule has 0 spiro atoms. The quantitative estimate of drug-likeness (QED) is 0.630. The topological polar surface area (TPSA) is 58.6 Å². The van der Waals surface area contributed by atoms with Crippen LogP contribution in [0.1, 0.15) is 11.1 Å². The molecule has 3 rings (SSSR count). The number of anilines is 1. The third kappa shape index (κ3) is 5.69. The Labute approximate surface area is 170 Å². The zero-order valence-corrected chi connectivity index (χ0v) is 16.4. The van der Waals surface area contributed by atoms with Crippen LogP contribution in [-0.2, 0) is 22.6 Å². The van der Waals surface area contributed by atoms with Crippen molar-refractivity contribution in [3.05, 3.63) is 96.1 Å². The standard InChI is InChI=1S/C24H24N2O3/c1-29-22-14-8-11-19(17-22)15-16-25-23(27)24(28)26(21-12-6-3-7-13-21)18-20-9-4-2-5-10-20/h2-14,17H,15-16,18H2,1H3,(H,25,27). The Morgan fingerprint density at radius 2 is 1.52 bits per heavy atom. The molecule has 0 bridgehead atoms. The van der Waals surface area contributed by atoms with Crippen molar-refractivity contribution in [1.82, 2.24) is 5.32 Å². The van der Waals surface area contributed by atoms with E-state index in [9.17, 15) is 9.59 Å². The first-order valence-electron chi connectivity index (χ1n) is 9.49. The van der Waals surface area contributed by atoms with Gasteiger partial charge in [0, 0.05) is 12.2 Å². The second-order valence-electron chi connectivity index (χ2n) is 6.57. The van der Waals surface area contributed by atoms with Crippen LogP contribution in [0.5, 0.6) is 5.75 Å². The Hall–Kier alpha value is -3.60.